The fourth-order valence-corrected chi connectivity index (χ4v) is 4.07. The van der Waals surface area contributed by atoms with Gasteiger partial charge in [0.25, 0.3) is 0 Å². The summed E-state index contributed by atoms with van der Waals surface area (Å²) in [5.41, 5.74) is 11.7. The molecule has 0 bridgehead atoms. The van der Waals surface area contributed by atoms with Gasteiger partial charge < -0.3 is 5.73 Å². The van der Waals surface area contributed by atoms with E-state index in [9.17, 15) is 9.18 Å². The molecule has 0 atom stereocenters. The van der Waals surface area contributed by atoms with E-state index in [0.29, 0.717) is 11.4 Å². The summed E-state index contributed by atoms with van der Waals surface area (Å²) in [5.74, 6) is -0.872. The molecule has 0 aliphatic rings. The second-order valence-electron chi connectivity index (χ2n) is 7.36. The minimum atomic E-state index is -0.498. The Morgan fingerprint density at radius 1 is 1.09 bits per heavy atom. The monoisotopic (exact) mass is 445 g/mol. The molecule has 1 aromatic heterocycles. The number of carbonyl (C=O) groups excluding carboxylic acids is 1. The highest BCUT2D eigenvalue weighted by atomic mass is 35.5. The molecule has 0 aliphatic carbocycles. The molecule has 160 valence electrons. The van der Waals surface area contributed by atoms with Crippen LogP contribution in [0.3, 0.4) is 0 Å². The topological polar surface area (TPSA) is 71.8 Å². The summed E-state index contributed by atoms with van der Waals surface area (Å²) < 4.78 is 13.7. The Hall–Kier alpha value is -3.70. The molecule has 3 aromatic carbocycles. The van der Waals surface area contributed by atoms with Crippen molar-refractivity contribution in [1.29, 1.82) is 0 Å². The second kappa shape index (κ2) is 9.20. The highest BCUT2D eigenvalue weighted by Crippen LogP contribution is 2.38. The van der Waals surface area contributed by atoms with Crippen molar-refractivity contribution in [3.63, 3.8) is 0 Å². The van der Waals surface area contributed by atoms with E-state index in [4.69, 9.17) is 17.3 Å². The van der Waals surface area contributed by atoms with E-state index in [-0.39, 0.29) is 5.82 Å². The van der Waals surface area contributed by atoms with Crippen molar-refractivity contribution in [1.82, 2.24) is 10.2 Å². The van der Waals surface area contributed by atoms with E-state index in [0.717, 1.165) is 44.3 Å². The normalized spacial score (nSPS) is 12.3. The Balaban J connectivity index is 1.93. The zero-order chi connectivity index (χ0) is 22.7. The van der Waals surface area contributed by atoms with Crippen molar-refractivity contribution < 1.29 is 9.18 Å². The molecule has 0 unspecified atom stereocenters. The molecular formula is C26H21ClFN3O. The first kappa shape index (κ1) is 21.5. The largest absolute Gasteiger partial charge is 0.366 e. The molecule has 3 N–H and O–H groups in total. The number of fused-ring (bicyclic) bond motifs is 1. The average molecular weight is 446 g/mol. The number of aromatic nitrogens is 2. The molecular weight excluding hydrogens is 425 g/mol. The van der Waals surface area contributed by atoms with Gasteiger partial charge in [-0.05, 0) is 70.2 Å². The number of rotatable bonds is 6. The predicted molar refractivity (Wildman–Crippen MR) is 128 cm³/mol. The summed E-state index contributed by atoms with van der Waals surface area (Å²) >= 11 is 6.45. The van der Waals surface area contributed by atoms with E-state index < -0.39 is 5.91 Å². The molecule has 4 aromatic rings. The molecule has 0 aliphatic heterocycles. The fourth-order valence-electron chi connectivity index (χ4n) is 3.79. The van der Waals surface area contributed by atoms with Gasteiger partial charge in [0.2, 0.25) is 5.91 Å². The van der Waals surface area contributed by atoms with E-state index in [1.165, 1.54) is 18.2 Å². The summed E-state index contributed by atoms with van der Waals surface area (Å²) in [6.45, 7) is 2.05. The zero-order valence-electron chi connectivity index (χ0n) is 17.4. The number of amides is 1. The van der Waals surface area contributed by atoms with Crippen LogP contribution in [0.1, 0.15) is 35.6 Å². The Kier molecular flexibility index (Phi) is 6.19. The summed E-state index contributed by atoms with van der Waals surface area (Å²) in [7, 11) is 0. The van der Waals surface area contributed by atoms with Crippen LogP contribution in [0, 0.1) is 5.82 Å². The van der Waals surface area contributed by atoms with Gasteiger partial charge in [-0.15, -0.1) is 0 Å². The number of aromatic amines is 1. The number of primary amides is 1. The van der Waals surface area contributed by atoms with Crippen molar-refractivity contribution in [2.24, 2.45) is 5.73 Å². The maximum Gasteiger partial charge on any atom is 0.241 e. The van der Waals surface area contributed by atoms with Crippen molar-refractivity contribution >= 4 is 45.6 Å². The first-order valence-corrected chi connectivity index (χ1v) is 10.5. The number of benzene rings is 3. The Bertz CT molecular complexity index is 1350. The van der Waals surface area contributed by atoms with E-state index in [2.05, 4.69) is 23.2 Å². The molecule has 0 spiro atoms. The van der Waals surface area contributed by atoms with Gasteiger partial charge in [-0.1, -0.05) is 54.9 Å². The van der Waals surface area contributed by atoms with Crippen LogP contribution < -0.4 is 5.73 Å². The van der Waals surface area contributed by atoms with Crippen molar-refractivity contribution in [3.8, 4) is 0 Å². The smallest absolute Gasteiger partial charge is 0.241 e. The van der Waals surface area contributed by atoms with Gasteiger partial charge in [-0.25, -0.2) is 4.39 Å². The lowest BCUT2D eigenvalue weighted by molar-refractivity contribution is -0.113. The van der Waals surface area contributed by atoms with E-state index in [1.807, 2.05) is 36.4 Å². The number of allylic oxidation sites excluding steroid dienone is 1. The van der Waals surface area contributed by atoms with Crippen LogP contribution in [0.4, 0.5) is 4.39 Å². The Morgan fingerprint density at radius 3 is 2.53 bits per heavy atom. The SMILES string of the molecule is CC/C(=C(/c1ccc(/C=C/C(N)=O)cc1)c1ccc2[nH]ncc2c1)c1ccc(F)cc1Cl. The van der Waals surface area contributed by atoms with Gasteiger partial charge in [0.05, 0.1) is 16.7 Å². The molecule has 1 amide bonds. The Morgan fingerprint density at radius 2 is 1.84 bits per heavy atom. The standard InChI is InChI=1S/C26H21ClFN3O/c1-2-21(22-10-9-20(28)14-23(22)27)26(18-8-11-24-19(13-18)15-30-31-24)17-6-3-16(4-7-17)5-12-25(29)32/h3-15H,2H2,1H3,(H2,29,32)(H,30,31)/b12-5+,26-21+. The van der Waals surface area contributed by atoms with Gasteiger partial charge in [-0.3, -0.25) is 9.89 Å². The lowest BCUT2D eigenvalue weighted by Gasteiger charge is -2.17. The van der Waals surface area contributed by atoms with Crippen LogP contribution in [0.25, 0.3) is 28.1 Å². The fraction of sp³-hybridized carbons (Fsp3) is 0.0769. The lowest BCUT2D eigenvalue weighted by atomic mass is 9.87. The number of nitrogens with one attached hydrogen (secondary N) is 1. The van der Waals surface area contributed by atoms with Crippen LogP contribution in [0.2, 0.25) is 5.02 Å². The van der Waals surface area contributed by atoms with Gasteiger partial charge in [-0.2, -0.15) is 5.10 Å². The summed E-state index contributed by atoms with van der Waals surface area (Å²) in [6, 6.07) is 18.4. The first-order valence-electron chi connectivity index (χ1n) is 10.2. The lowest BCUT2D eigenvalue weighted by Crippen LogP contribution is -2.05. The molecule has 0 saturated heterocycles. The van der Waals surface area contributed by atoms with Crippen LogP contribution in [-0.2, 0) is 4.79 Å². The maximum absolute atomic E-state index is 13.7. The summed E-state index contributed by atoms with van der Waals surface area (Å²) in [6.07, 6.45) is 5.47. The van der Waals surface area contributed by atoms with Gasteiger partial charge >= 0.3 is 0 Å². The third kappa shape index (κ3) is 4.48. The summed E-state index contributed by atoms with van der Waals surface area (Å²) in [5, 5.41) is 8.44. The molecule has 4 nitrogen and oxygen atoms in total. The number of nitrogens with two attached hydrogens (primary N) is 1. The van der Waals surface area contributed by atoms with Crippen LogP contribution in [0.5, 0.6) is 0 Å². The van der Waals surface area contributed by atoms with Crippen molar-refractivity contribution in [2.75, 3.05) is 0 Å². The summed E-state index contributed by atoms with van der Waals surface area (Å²) in [4.78, 5) is 11.0. The van der Waals surface area contributed by atoms with Gasteiger partial charge in [0.1, 0.15) is 5.82 Å². The van der Waals surface area contributed by atoms with Crippen LogP contribution in [0.15, 0.2) is 72.9 Å². The molecule has 0 fully saturated rings. The quantitative estimate of drug-likeness (QED) is 0.273. The predicted octanol–water partition coefficient (Wildman–Crippen LogP) is 6.22. The molecule has 4 rings (SSSR count). The molecule has 32 heavy (non-hydrogen) atoms. The molecule has 6 heteroatoms. The van der Waals surface area contributed by atoms with Crippen molar-refractivity contribution in [3.05, 3.63) is 106 Å². The van der Waals surface area contributed by atoms with E-state index in [1.54, 1.807) is 18.3 Å². The second-order valence-corrected chi connectivity index (χ2v) is 7.77. The zero-order valence-corrected chi connectivity index (χ0v) is 18.2. The average Bonchev–Trinajstić information content (AvgIpc) is 3.25. The first-order chi connectivity index (χ1) is 15.5. The highest BCUT2D eigenvalue weighted by Gasteiger charge is 2.16. The van der Waals surface area contributed by atoms with E-state index >= 15 is 0 Å². The number of hydrogen-bond acceptors (Lipinski definition) is 2. The number of halogens is 2. The van der Waals surface area contributed by atoms with Gasteiger partial charge in [0.15, 0.2) is 0 Å². The third-order valence-electron chi connectivity index (χ3n) is 5.28. The molecule has 0 saturated carbocycles. The molecule has 0 radical (unpaired) electrons. The number of nitrogens with zero attached hydrogens (tertiary/aromatic N) is 1. The van der Waals surface area contributed by atoms with Crippen LogP contribution in [-0.4, -0.2) is 16.1 Å². The van der Waals surface area contributed by atoms with Crippen molar-refractivity contribution in [2.45, 2.75) is 13.3 Å². The molecule has 1 heterocycles. The maximum atomic E-state index is 13.7. The number of hydrogen-bond donors (Lipinski definition) is 2. The highest BCUT2D eigenvalue weighted by molar-refractivity contribution is 6.32. The van der Waals surface area contributed by atoms with Crippen LogP contribution >= 0.6 is 11.6 Å². The minimum absolute atomic E-state index is 0.366. The minimum Gasteiger partial charge on any atom is -0.366 e. The van der Waals surface area contributed by atoms with Gasteiger partial charge in [0, 0.05) is 11.5 Å². The Labute approximate surface area is 190 Å². The number of H-pyrrole nitrogens is 1. The number of carbonyl (C=O) groups is 1. The third-order valence-corrected chi connectivity index (χ3v) is 5.59.